The first-order chi connectivity index (χ1) is 20.6. The molecular formula is C31H49N5O6S2. The summed E-state index contributed by atoms with van der Waals surface area (Å²) < 4.78 is 40.2. The van der Waals surface area contributed by atoms with E-state index >= 15 is 0 Å². The molecule has 2 fully saturated rings. The zero-order valence-electron chi connectivity index (χ0n) is 26.8. The molecule has 1 aromatic heterocycles. The fourth-order valence-corrected chi connectivity index (χ4v) is 9.12. The van der Waals surface area contributed by atoms with Crippen LogP contribution in [0.2, 0.25) is 0 Å². The van der Waals surface area contributed by atoms with Gasteiger partial charge in [-0.3, -0.25) is 5.32 Å². The predicted molar refractivity (Wildman–Crippen MR) is 173 cm³/mol. The van der Waals surface area contributed by atoms with Crippen LogP contribution in [0.15, 0.2) is 24.0 Å². The van der Waals surface area contributed by atoms with Crippen LogP contribution < -0.4 is 20.7 Å². The van der Waals surface area contributed by atoms with Gasteiger partial charge >= 0.3 is 12.2 Å². The van der Waals surface area contributed by atoms with Crippen molar-refractivity contribution in [1.82, 2.24) is 25.7 Å². The number of rotatable bonds is 9. The largest absolute Gasteiger partial charge is 0.449 e. The first-order valence-corrected chi connectivity index (χ1v) is 18.0. The highest BCUT2D eigenvalue weighted by molar-refractivity contribution is 7.91. The average Bonchev–Trinajstić information content (AvgIpc) is 3.41. The van der Waals surface area contributed by atoms with Gasteiger partial charge < -0.3 is 20.1 Å². The molecule has 0 radical (unpaired) electrons. The van der Waals surface area contributed by atoms with Crippen molar-refractivity contribution in [3.63, 3.8) is 0 Å². The number of nitrogens with one attached hydrogen (secondary N) is 4. The van der Waals surface area contributed by atoms with Gasteiger partial charge in [0.25, 0.3) is 0 Å². The lowest BCUT2D eigenvalue weighted by molar-refractivity contribution is 0.109. The van der Waals surface area contributed by atoms with Crippen LogP contribution >= 0.6 is 11.3 Å². The molecular weight excluding hydrogens is 603 g/mol. The average molecular weight is 652 g/mol. The summed E-state index contributed by atoms with van der Waals surface area (Å²) in [7, 11) is -3.91. The summed E-state index contributed by atoms with van der Waals surface area (Å²) in [6, 6.07) is 0.0670. The number of nitrogens with zero attached hydrogens (tertiary/aromatic N) is 1. The molecule has 11 nitrogen and oxygen atoms in total. The number of sulfonamides is 1. The zero-order valence-corrected chi connectivity index (χ0v) is 28.5. The summed E-state index contributed by atoms with van der Waals surface area (Å²) in [6.07, 6.45) is 9.56. The number of carbonyl (C=O) groups excluding carboxylic acids is 2. The molecule has 0 spiro atoms. The zero-order chi connectivity index (χ0) is 32.1. The van der Waals surface area contributed by atoms with Crippen molar-refractivity contribution < 1.29 is 27.5 Å². The number of aromatic nitrogens is 1. The van der Waals surface area contributed by atoms with E-state index in [1.807, 2.05) is 34.6 Å². The van der Waals surface area contributed by atoms with Crippen molar-refractivity contribution in [2.24, 2.45) is 5.92 Å². The third-order valence-corrected chi connectivity index (χ3v) is 11.9. The Morgan fingerprint density at radius 1 is 1.09 bits per heavy atom. The number of thiazole rings is 1. The molecule has 246 valence electrons. The van der Waals surface area contributed by atoms with Crippen LogP contribution in [0.3, 0.4) is 0 Å². The molecule has 1 saturated carbocycles. The lowest BCUT2D eigenvalue weighted by atomic mass is 9.86. The van der Waals surface area contributed by atoms with E-state index in [9.17, 15) is 18.0 Å². The van der Waals surface area contributed by atoms with Crippen LogP contribution in [-0.4, -0.2) is 67.7 Å². The molecule has 1 unspecified atom stereocenters. The fourth-order valence-electron chi connectivity index (χ4n) is 5.97. The molecule has 1 saturated heterocycles. The van der Waals surface area contributed by atoms with Gasteiger partial charge in [0.15, 0.2) is 0 Å². The number of ether oxygens (including phenoxy) is 2. The summed E-state index contributed by atoms with van der Waals surface area (Å²) in [5, 5.41) is 10.0. The van der Waals surface area contributed by atoms with E-state index in [4.69, 9.17) is 14.5 Å². The Morgan fingerprint density at radius 2 is 1.77 bits per heavy atom. The number of hydrogen-bond acceptors (Lipinski definition) is 9. The molecule has 0 aromatic carbocycles. The number of hydrogen-bond donors (Lipinski definition) is 4. The molecule has 1 aromatic rings. The standard InChI is InChI=1S/C31H49N5O6S2/c1-20(2)42-29(38)34-23-9-7-22(8-10-23)27-33-18-26(43-27)25-12-11-24(17-31(25,6)44(39,40)36-30(3,4)5)35-28(37)41-19-21-13-15-32-16-14-21/h11-12,18,20-23,32,36H,7-10,13-17,19H2,1-6H3,(H,34,38)(H,35,37). The normalized spacial score (nSPS) is 25.2. The number of amides is 2. The summed E-state index contributed by atoms with van der Waals surface area (Å²) >= 11 is 1.51. The van der Waals surface area contributed by atoms with Crippen LogP contribution in [0.1, 0.15) is 102 Å². The van der Waals surface area contributed by atoms with Gasteiger partial charge in [-0.2, -0.15) is 0 Å². The first-order valence-electron chi connectivity index (χ1n) is 15.7. The van der Waals surface area contributed by atoms with Crippen LogP contribution in [0.5, 0.6) is 0 Å². The molecule has 1 aliphatic heterocycles. The maximum Gasteiger partial charge on any atom is 0.411 e. The van der Waals surface area contributed by atoms with Crippen LogP contribution in [-0.2, 0) is 19.5 Å². The first kappa shape index (κ1) is 34.4. The number of allylic oxidation sites excluding steroid dienone is 3. The van der Waals surface area contributed by atoms with Crippen molar-refractivity contribution in [3.8, 4) is 0 Å². The van der Waals surface area contributed by atoms with Crippen molar-refractivity contribution >= 4 is 39.1 Å². The lowest BCUT2D eigenvalue weighted by Gasteiger charge is -2.37. The molecule has 2 heterocycles. The Balaban J connectivity index is 1.49. The fraction of sp³-hybridized carbons (Fsp3) is 0.710. The van der Waals surface area contributed by atoms with Crippen molar-refractivity contribution in [2.75, 3.05) is 19.7 Å². The maximum atomic E-state index is 14.0. The van der Waals surface area contributed by atoms with E-state index in [0.29, 0.717) is 23.8 Å². The highest BCUT2D eigenvalue weighted by Gasteiger charge is 2.47. The van der Waals surface area contributed by atoms with E-state index in [2.05, 4.69) is 20.7 Å². The van der Waals surface area contributed by atoms with Gasteiger partial charge in [-0.05, 0) is 111 Å². The van der Waals surface area contributed by atoms with Gasteiger partial charge in [0, 0.05) is 35.8 Å². The van der Waals surface area contributed by atoms with Gasteiger partial charge in [0.05, 0.1) is 22.6 Å². The molecule has 0 bridgehead atoms. The van der Waals surface area contributed by atoms with E-state index in [1.54, 1.807) is 25.3 Å². The Labute approximate surface area is 266 Å². The lowest BCUT2D eigenvalue weighted by Crippen LogP contribution is -2.52. The topological polar surface area (TPSA) is 148 Å². The Hall–Kier alpha value is -2.48. The minimum Gasteiger partial charge on any atom is -0.449 e. The monoisotopic (exact) mass is 651 g/mol. The molecule has 44 heavy (non-hydrogen) atoms. The quantitative estimate of drug-likeness (QED) is 0.286. The third kappa shape index (κ3) is 9.04. The summed E-state index contributed by atoms with van der Waals surface area (Å²) in [6.45, 7) is 13.0. The van der Waals surface area contributed by atoms with Crippen molar-refractivity contribution in [3.05, 3.63) is 33.9 Å². The second-order valence-corrected chi connectivity index (χ2v) is 16.8. The Kier molecular flexibility index (Phi) is 11.2. The Bertz CT molecular complexity index is 1340. The van der Waals surface area contributed by atoms with E-state index in [0.717, 1.165) is 61.5 Å². The summed E-state index contributed by atoms with van der Waals surface area (Å²) in [4.78, 5) is 30.2. The summed E-state index contributed by atoms with van der Waals surface area (Å²) in [5.41, 5.74) is 0.429. The van der Waals surface area contributed by atoms with E-state index in [-0.39, 0.29) is 30.6 Å². The van der Waals surface area contributed by atoms with Crippen molar-refractivity contribution in [1.29, 1.82) is 0 Å². The third-order valence-electron chi connectivity index (χ3n) is 8.28. The molecule has 13 heteroatoms. The Morgan fingerprint density at radius 3 is 2.41 bits per heavy atom. The molecule has 2 amide bonds. The minimum absolute atomic E-state index is 0.0670. The van der Waals surface area contributed by atoms with Gasteiger partial charge in [-0.1, -0.05) is 6.08 Å². The van der Waals surface area contributed by atoms with Crippen molar-refractivity contribution in [2.45, 2.75) is 115 Å². The molecule has 2 aliphatic carbocycles. The minimum atomic E-state index is -3.91. The van der Waals surface area contributed by atoms with Gasteiger partial charge in [-0.15, -0.1) is 11.3 Å². The molecule has 3 aliphatic rings. The SMILES string of the molecule is CC(C)OC(=O)NC1CCC(c2ncc(C3=CC=C(NC(=O)OCC4CCNCC4)CC3(C)S(=O)(=O)NC(C)(C)C)s2)CC1. The molecule has 1 atom stereocenters. The molecule has 4 N–H and O–H groups in total. The van der Waals surface area contributed by atoms with Gasteiger partial charge in [0.1, 0.15) is 4.75 Å². The molecule has 4 rings (SSSR count). The number of alkyl carbamates (subject to hydrolysis) is 2. The number of piperidine rings is 1. The van der Waals surface area contributed by atoms with Gasteiger partial charge in [-0.25, -0.2) is 27.7 Å². The van der Waals surface area contributed by atoms with E-state index < -0.39 is 26.4 Å². The predicted octanol–water partition coefficient (Wildman–Crippen LogP) is 5.18. The highest BCUT2D eigenvalue weighted by atomic mass is 32.2. The van der Waals surface area contributed by atoms with Crippen LogP contribution in [0.4, 0.5) is 9.59 Å². The van der Waals surface area contributed by atoms with Crippen LogP contribution in [0.25, 0.3) is 5.57 Å². The highest BCUT2D eigenvalue weighted by Crippen LogP contribution is 2.45. The summed E-state index contributed by atoms with van der Waals surface area (Å²) in [5.74, 6) is 0.554. The second kappa shape index (κ2) is 14.3. The van der Waals surface area contributed by atoms with Crippen LogP contribution in [0, 0.1) is 5.92 Å². The van der Waals surface area contributed by atoms with E-state index in [1.165, 1.54) is 11.3 Å². The van der Waals surface area contributed by atoms with Gasteiger partial charge in [0.2, 0.25) is 10.0 Å². The number of carbonyl (C=O) groups is 2. The maximum absolute atomic E-state index is 14.0. The smallest absolute Gasteiger partial charge is 0.411 e. The second-order valence-electron chi connectivity index (χ2n) is 13.7.